The average Bonchev–Trinajstić information content (AvgIpc) is 2.84. The largest absolute Gasteiger partial charge is 0.384 e. The SMILES string of the molecule is OC1(c2cc3ccccc3s2)CCCC1. The van der Waals surface area contributed by atoms with Crippen molar-refractivity contribution in [1.29, 1.82) is 0 Å². The summed E-state index contributed by atoms with van der Waals surface area (Å²) < 4.78 is 1.29. The molecule has 1 aromatic carbocycles. The van der Waals surface area contributed by atoms with Gasteiger partial charge in [0.25, 0.3) is 0 Å². The number of hydrogen-bond acceptors (Lipinski definition) is 2. The van der Waals surface area contributed by atoms with E-state index in [0.29, 0.717) is 0 Å². The molecule has 1 fully saturated rings. The third kappa shape index (κ3) is 1.48. The molecule has 15 heavy (non-hydrogen) atoms. The molecule has 1 nitrogen and oxygen atoms in total. The van der Waals surface area contributed by atoms with Crippen molar-refractivity contribution in [3.8, 4) is 0 Å². The van der Waals surface area contributed by atoms with Crippen molar-refractivity contribution in [3.63, 3.8) is 0 Å². The van der Waals surface area contributed by atoms with Crippen LogP contribution in [0.4, 0.5) is 0 Å². The quantitative estimate of drug-likeness (QED) is 0.774. The summed E-state index contributed by atoms with van der Waals surface area (Å²) in [5.74, 6) is 0. The smallest absolute Gasteiger partial charge is 0.0988 e. The lowest BCUT2D eigenvalue weighted by molar-refractivity contribution is 0.0484. The topological polar surface area (TPSA) is 20.2 Å². The minimum absolute atomic E-state index is 0.524. The number of benzene rings is 1. The molecule has 0 aliphatic heterocycles. The maximum Gasteiger partial charge on any atom is 0.0988 e. The van der Waals surface area contributed by atoms with Gasteiger partial charge in [-0.15, -0.1) is 11.3 Å². The number of aliphatic hydroxyl groups is 1. The predicted octanol–water partition coefficient (Wildman–Crippen LogP) is 3.66. The fourth-order valence-corrected chi connectivity index (χ4v) is 3.63. The molecule has 2 heteroatoms. The van der Waals surface area contributed by atoms with Crippen LogP contribution in [0.3, 0.4) is 0 Å². The lowest BCUT2D eigenvalue weighted by Crippen LogP contribution is -2.18. The van der Waals surface area contributed by atoms with Gasteiger partial charge in [-0.2, -0.15) is 0 Å². The van der Waals surface area contributed by atoms with E-state index in [9.17, 15) is 5.11 Å². The summed E-state index contributed by atoms with van der Waals surface area (Å²) in [6, 6.07) is 10.5. The highest BCUT2D eigenvalue weighted by molar-refractivity contribution is 7.19. The van der Waals surface area contributed by atoms with Crippen molar-refractivity contribution in [2.75, 3.05) is 0 Å². The summed E-state index contributed by atoms with van der Waals surface area (Å²) in [4.78, 5) is 1.15. The molecule has 0 saturated heterocycles. The summed E-state index contributed by atoms with van der Waals surface area (Å²) in [6.45, 7) is 0. The zero-order valence-electron chi connectivity index (χ0n) is 8.57. The van der Waals surface area contributed by atoms with Gasteiger partial charge in [0.1, 0.15) is 0 Å². The van der Waals surface area contributed by atoms with Crippen LogP contribution in [0, 0.1) is 0 Å². The van der Waals surface area contributed by atoms with E-state index in [1.54, 1.807) is 11.3 Å². The lowest BCUT2D eigenvalue weighted by Gasteiger charge is -2.19. The summed E-state index contributed by atoms with van der Waals surface area (Å²) >= 11 is 1.74. The van der Waals surface area contributed by atoms with Gasteiger partial charge in [0.15, 0.2) is 0 Å². The van der Waals surface area contributed by atoms with Crippen molar-refractivity contribution in [1.82, 2.24) is 0 Å². The van der Waals surface area contributed by atoms with Crippen molar-refractivity contribution < 1.29 is 5.11 Å². The van der Waals surface area contributed by atoms with Crippen LogP contribution < -0.4 is 0 Å². The Balaban J connectivity index is 2.11. The molecular weight excluding hydrogens is 204 g/mol. The summed E-state index contributed by atoms with van der Waals surface area (Å²) in [7, 11) is 0. The molecule has 0 radical (unpaired) electrons. The average molecular weight is 218 g/mol. The van der Waals surface area contributed by atoms with Crippen LogP contribution in [-0.2, 0) is 5.60 Å². The van der Waals surface area contributed by atoms with Gasteiger partial charge in [-0.3, -0.25) is 0 Å². The molecule has 78 valence electrons. The second-order valence-corrected chi connectivity index (χ2v) is 5.47. The van der Waals surface area contributed by atoms with E-state index in [1.807, 2.05) is 0 Å². The third-order valence-electron chi connectivity index (χ3n) is 3.31. The summed E-state index contributed by atoms with van der Waals surface area (Å²) in [5, 5.41) is 11.7. The molecule has 1 aromatic heterocycles. The van der Waals surface area contributed by atoms with Crippen molar-refractivity contribution in [2.45, 2.75) is 31.3 Å². The highest BCUT2D eigenvalue weighted by atomic mass is 32.1. The minimum atomic E-state index is -0.524. The zero-order chi connectivity index (χ0) is 10.3. The Kier molecular flexibility index (Phi) is 2.08. The first-order valence-electron chi connectivity index (χ1n) is 5.49. The Labute approximate surface area is 93.4 Å². The highest BCUT2D eigenvalue weighted by Crippen LogP contribution is 2.43. The molecule has 3 rings (SSSR count). The molecule has 1 saturated carbocycles. The fourth-order valence-electron chi connectivity index (χ4n) is 2.42. The maximum atomic E-state index is 10.5. The Bertz CT molecular complexity index is 447. The predicted molar refractivity (Wildman–Crippen MR) is 64.2 cm³/mol. The van der Waals surface area contributed by atoms with Gasteiger partial charge in [-0.25, -0.2) is 0 Å². The standard InChI is InChI=1S/C13H14OS/c14-13(7-3-4-8-13)12-9-10-5-1-2-6-11(10)15-12/h1-2,5-6,9,14H,3-4,7-8H2. The van der Waals surface area contributed by atoms with Crippen molar-refractivity contribution in [3.05, 3.63) is 35.2 Å². The molecule has 1 aliphatic rings. The molecule has 1 heterocycles. The van der Waals surface area contributed by atoms with Crippen LogP contribution in [0.1, 0.15) is 30.6 Å². The zero-order valence-corrected chi connectivity index (χ0v) is 9.39. The van der Waals surface area contributed by atoms with Gasteiger partial charge in [-0.05, 0) is 30.4 Å². The minimum Gasteiger partial charge on any atom is -0.384 e. The van der Waals surface area contributed by atoms with E-state index in [0.717, 1.165) is 30.6 Å². The van der Waals surface area contributed by atoms with E-state index in [1.165, 1.54) is 10.1 Å². The van der Waals surface area contributed by atoms with Crippen LogP contribution in [0.5, 0.6) is 0 Å². The van der Waals surface area contributed by atoms with Gasteiger partial charge in [0, 0.05) is 9.58 Å². The fraction of sp³-hybridized carbons (Fsp3) is 0.385. The van der Waals surface area contributed by atoms with E-state index < -0.39 is 5.60 Å². The number of thiophene rings is 1. The molecule has 0 amide bonds. The number of rotatable bonds is 1. The van der Waals surface area contributed by atoms with Gasteiger partial charge < -0.3 is 5.11 Å². The third-order valence-corrected chi connectivity index (χ3v) is 4.62. The van der Waals surface area contributed by atoms with Gasteiger partial charge in [-0.1, -0.05) is 31.0 Å². The first kappa shape index (κ1) is 9.37. The Morgan fingerprint density at radius 3 is 2.60 bits per heavy atom. The number of hydrogen-bond donors (Lipinski definition) is 1. The molecular formula is C13H14OS. The van der Waals surface area contributed by atoms with Crippen LogP contribution >= 0.6 is 11.3 Å². The van der Waals surface area contributed by atoms with Gasteiger partial charge >= 0.3 is 0 Å². The van der Waals surface area contributed by atoms with Crippen LogP contribution in [0.2, 0.25) is 0 Å². The second kappa shape index (κ2) is 3.32. The number of fused-ring (bicyclic) bond motifs is 1. The highest BCUT2D eigenvalue weighted by Gasteiger charge is 2.34. The van der Waals surface area contributed by atoms with E-state index in [4.69, 9.17) is 0 Å². The Morgan fingerprint density at radius 1 is 1.13 bits per heavy atom. The molecule has 2 aromatic rings. The molecule has 1 N–H and O–H groups in total. The van der Waals surface area contributed by atoms with Crippen LogP contribution in [0.15, 0.2) is 30.3 Å². The van der Waals surface area contributed by atoms with E-state index in [2.05, 4.69) is 30.3 Å². The van der Waals surface area contributed by atoms with E-state index in [-0.39, 0.29) is 0 Å². The van der Waals surface area contributed by atoms with Crippen LogP contribution in [0.25, 0.3) is 10.1 Å². The molecule has 0 spiro atoms. The van der Waals surface area contributed by atoms with Crippen molar-refractivity contribution in [2.24, 2.45) is 0 Å². The monoisotopic (exact) mass is 218 g/mol. The second-order valence-electron chi connectivity index (χ2n) is 4.39. The van der Waals surface area contributed by atoms with Gasteiger partial charge in [0.2, 0.25) is 0 Å². The summed E-state index contributed by atoms with van der Waals surface area (Å²) in [6.07, 6.45) is 4.18. The molecule has 1 aliphatic carbocycles. The molecule has 0 unspecified atom stereocenters. The summed E-state index contributed by atoms with van der Waals surface area (Å²) in [5.41, 5.74) is -0.524. The maximum absolute atomic E-state index is 10.5. The first-order valence-corrected chi connectivity index (χ1v) is 6.31. The van der Waals surface area contributed by atoms with E-state index >= 15 is 0 Å². The normalized spacial score (nSPS) is 19.8. The first-order chi connectivity index (χ1) is 7.28. The Morgan fingerprint density at radius 2 is 1.87 bits per heavy atom. The molecule has 0 atom stereocenters. The molecule has 0 bridgehead atoms. The van der Waals surface area contributed by atoms with Crippen LogP contribution in [-0.4, -0.2) is 5.11 Å². The Hall–Kier alpha value is -0.860. The van der Waals surface area contributed by atoms with Crippen molar-refractivity contribution >= 4 is 21.4 Å². The van der Waals surface area contributed by atoms with Gasteiger partial charge in [0.05, 0.1) is 5.60 Å². The lowest BCUT2D eigenvalue weighted by atomic mass is 10.00.